The molecule has 0 amide bonds. The molecule has 146 valence electrons. The number of aliphatic carboxylic acids is 1. The Balaban J connectivity index is 1.86. The second kappa shape index (κ2) is 10.3. The fourth-order valence-electron chi connectivity index (χ4n) is 3.15. The van der Waals surface area contributed by atoms with Gasteiger partial charge in [0.2, 0.25) is 0 Å². The lowest BCUT2D eigenvalue weighted by Crippen LogP contribution is -2.30. The second-order valence-electron chi connectivity index (χ2n) is 6.81. The van der Waals surface area contributed by atoms with Gasteiger partial charge in [-0.15, -0.1) is 0 Å². The molecule has 5 heteroatoms. The van der Waals surface area contributed by atoms with E-state index >= 15 is 0 Å². The largest absolute Gasteiger partial charge is 0.480 e. The Morgan fingerprint density at radius 3 is 2.11 bits per heavy atom. The molecule has 4 nitrogen and oxygen atoms in total. The van der Waals surface area contributed by atoms with E-state index in [1.165, 1.54) is 17.7 Å². The van der Waals surface area contributed by atoms with Crippen molar-refractivity contribution in [2.75, 3.05) is 0 Å². The zero-order valence-electron chi connectivity index (χ0n) is 15.8. The summed E-state index contributed by atoms with van der Waals surface area (Å²) < 4.78 is 25.4. The van der Waals surface area contributed by atoms with Crippen molar-refractivity contribution in [3.05, 3.63) is 65.7 Å². The Morgan fingerprint density at radius 2 is 1.52 bits per heavy atom. The molecule has 0 aliphatic rings. The Kier molecular flexibility index (Phi) is 8.04. The maximum atomic E-state index is 12.7. The minimum absolute atomic E-state index is 0.0937. The predicted octanol–water partition coefficient (Wildman–Crippen LogP) is 4.67. The van der Waals surface area contributed by atoms with Crippen LogP contribution in [0.1, 0.15) is 50.2 Å². The van der Waals surface area contributed by atoms with Crippen LogP contribution in [0, 0.1) is 0 Å². The van der Waals surface area contributed by atoms with Gasteiger partial charge in [0, 0.05) is 0 Å². The number of aryl methyl sites for hydroxylation is 2. The lowest BCUT2D eigenvalue weighted by atomic mass is 10.0. The van der Waals surface area contributed by atoms with Crippen LogP contribution in [0.2, 0.25) is 0 Å². The van der Waals surface area contributed by atoms with Crippen LogP contribution in [0.4, 0.5) is 0 Å². The average Bonchev–Trinajstić information content (AvgIpc) is 2.67. The molecular formula is C22H28O4S. The van der Waals surface area contributed by atoms with Gasteiger partial charge in [-0.1, -0.05) is 68.7 Å². The first-order chi connectivity index (χ1) is 12.9. The molecule has 0 aliphatic carbocycles. The zero-order chi connectivity index (χ0) is 19.7. The van der Waals surface area contributed by atoms with E-state index in [0.29, 0.717) is 6.42 Å². The van der Waals surface area contributed by atoms with E-state index in [4.69, 9.17) is 0 Å². The summed E-state index contributed by atoms with van der Waals surface area (Å²) in [5, 5.41) is 8.07. The van der Waals surface area contributed by atoms with Crippen molar-refractivity contribution in [1.82, 2.24) is 0 Å². The SMILES string of the molecule is CCc1ccc(S(=O)(=O)C(CCCCCCc2ccccc2)C(=O)O)cc1. The molecule has 1 N–H and O–H groups in total. The Hall–Kier alpha value is -2.14. The van der Waals surface area contributed by atoms with Crippen LogP contribution in [-0.2, 0) is 27.5 Å². The summed E-state index contributed by atoms with van der Waals surface area (Å²) in [6.45, 7) is 1.99. The number of unbranched alkanes of at least 4 members (excludes halogenated alkanes) is 3. The number of carboxylic acids is 1. The monoisotopic (exact) mass is 388 g/mol. The van der Waals surface area contributed by atoms with Crippen molar-refractivity contribution >= 4 is 15.8 Å². The molecule has 1 atom stereocenters. The summed E-state index contributed by atoms with van der Waals surface area (Å²) >= 11 is 0. The number of sulfone groups is 1. The first-order valence-corrected chi connectivity index (χ1v) is 11.1. The van der Waals surface area contributed by atoms with E-state index in [2.05, 4.69) is 12.1 Å². The molecule has 0 saturated heterocycles. The molecule has 0 bridgehead atoms. The number of hydrogen-bond acceptors (Lipinski definition) is 3. The number of carbonyl (C=O) groups is 1. The fraction of sp³-hybridized carbons (Fsp3) is 0.409. The van der Waals surface area contributed by atoms with Crippen molar-refractivity contribution in [1.29, 1.82) is 0 Å². The summed E-state index contributed by atoms with van der Waals surface area (Å²) in [6.07, 6.45) is 5.37. The third-order valence-corrected chi connectivity index (χ3v) is 6.95. The van der Waals surface area contributed by atoms with Gasteiger partial charge in [-0.05, 0) is 48.9 Å². The minimum atomic E-state index is -3.86. The maximum Gasteiger partial charge on any atom is 0.322 e. The standard InChI is InChI=1S/C22H28O4S/c1-2-18-14-16-20(17-15-18)27(25,26)21(22(23)24)13-9-4-3-6-10-19-11-7-5-8-12-19/h5,7-8,11-12,14-17,21H,2-4,6,9-10,13H2,1H3,(H,23,24). The fourth-order valence-corrected chi connectivity index (χ4v) is 4.73. The molecular weight excluding hydrogens is 360 g/mol. The second-order valence-corrected chi connectivity index (χ2v) is 8.94. The average molecular weight is 389 g/mol. The van der Waals surface area contributed by atoms with Gasteiger partial charge in [-0.25, -0.2) is 8.42 Å². The lowest BCUT2D eigenvalue weighted by molar-refractivity contribution is -0.136. The Labute approximate surface area is 162 Å². The van der Waals surface area contributed by atoms with E-state index in [9.17, 15) is 18.3 Å². The summed E-state index contributed by atoms with van der Waals surface area (Å²) in [7, 11) is -3.86. The molecule has 2 aromatic rings. The topological polar surface area (TPSA) is 71.4 Å². The van der Waals surface area contributed by atoms with Crippen molar-refractivity contribution in [3.63, 3.8) is 0 Å². The van der Waals surface area contributed by atoms with Crippen molar-refractivity contribution in [2.45, 2.75) is 62.0 Å². The van der Waals surface area contributed by atoms with Crippen molar-refractivity contribution in [2.24, 2.45) is 0 Å². The lowest BCUT2D eigenvalue weighted by Gasteiger charge is -2.14. The van der Waals surface area contributed by atoms with Crippen LogP contribution in [0.5, 0.6) is 0 Å². The molecule has 1 unspecified atom stereocenters. The summed E-state index contributed by atoms with van der Waals surface area (Å²) in [6, 6.07) is 16.7. The maximum absolute atomic E-state index is 12.7. The summed E-state index contributed by atoms with van der Waals surface area (Å²) in [5.41, 5.74) is 2.32. The van der Waals surface area contributed by atoms with Gasteiger partial charge in [-0.3, -0.25) is 4.79 Å². The highest BCUT2D eigenvalue weighted by Gasteiger charge is 2.33. The van der Waals surface area contributed by atoms with Crippen LogP contribution >= 0.6 is 0 Å². The first kappa shape index (κ1) is 21.2. The summed E-state index contributed by atoms with van der Waals surface area (Å²) in [5.74, 6) is -1.26. The molecule has 0 aliphatic heterocycles. The van der Waals surface area contributed by atoms with Crippen LogP contribution in [0.15, 0.2) is 59.5 Å². The van der Waals surface area contributed by atoms with Gasteiger partial charge in [0.25, 0.3) is 0 Å². The van der Waals surface area contributed by atoms with E-state index in [0.717, 1.165) is 37.7 Å². The van der Waals surface area contributed by atoms with Gasteiger partial charge >= 0.3 is 5.97 Å². The zero-order valence-corrected chi connectivity index (χ0v) is 16.6. The third kappa shape index (κ3) is 6.21. The summed E-state index contributed by atoms with van der Waals surface area (Å²) in [4.78, 5) is 11.7. The molecule has 0 spiro atoms. The van der Waals surface area contributed by atoms with Crippen LogP contribution in [-0.4, -0.2) is 24.7 Å². The van der Waals surface area contributed by atoms with Gasteiger partial charge in [-0.2, -0.15) is 0 Å². The van der Waals surface area contributed by atoms with Crippen LogP contribution in [0.25, 0.3) is 0 Å². The van der Waals surface area contributed by atoms with Crippen LogP contribution in [0.3, 0.4) is 0 Å². The first-order valence-electron chi connectivity index (χ1n) is 9.54. The van der Waals surface area contributed by atoms with E-state index in [-0.39, 0.29) is 11.3 Å². The van der Waals surface area contributed by atoms with Crippen molar-refractivity contribution < 1.29 is 18.3 Å². The van der Waals surface area contributed by atoms with Gasteiger partial charge in [0.05, 0.1) is 4.90 Å². The number of benzene rings is 2. The quantitative estimate of drug-likeness (QED) is 0.568. The molecule has 2 aromatic carbocycles. The molecule has 0 aromatic heterocycles. The van der Waals surface area contributed by atoms with Crippen LogP contribution < -0.4 is 0 Å². The number of rotatable bonds is 11. The molecule has 0 fully saturated rings. The normalized spacial score (nSPS) is 12.6. The highest BCUT2D eigenvalue weighted by Crippen LogP contribution is 2.22. The third-order valence-electron chi connectivity index (χ3n) is 4.83. The van der Waals surface area contributed by atoms with Gasteiger partial charge in [0.15, 0.2) is 15.1 Å². The highest BCUT2D eigenvalue weighted by molar-refractivity contribution is 7.92. The van der Waals surface area contributed by atoms with Gasteiger partial charge < -0.3 is 5.11 Å². The molecule has 0 radical (unpaired) electrons. The van der Waals surface area contributed by atoms with E-state index in [1.54, 1.807) is 12.1 Å². The molecule has 0 heterocycles. The predicted molar refractivity (Wildman–Crippen MR) is 108 cm³/mol. The Bertz CT molecular complexity index is 811. The molecule has 2 rings (SSSR count). The van der Waals surface area contributed by atoms with Gasteiger partial charge in [0.1, 0.15) is 0 Å². The van der Waals surface area contributed by atoms with E-state index < -0.39 is 21.1 Å². The number of carboxylic acid groups (broad SMARTS) is 1. The van der Waals surface area contributed by atoms with E-state index in [1.807, 2.05) is 25.1 Å². The minimum Gasteiger partial charge on any atom is -0.480 e. The Morgan fingerprint density at radius 1 is 0.889 bits per heavy atom. The highest BCUT2D eigenvalue weighted by atomic mass is 32.2. The van der Waals surface area contributed by atoms with Crippen molar-refractivity contribution in [3.8, 4) is 0 Å². The molecule has 27 heavy (non-hydrogen) atoms. The molecule has 0 saturated carbocycles. The smallest absolute Gasteiger partial charge is 0.322 e. The number of hydrogen-bond donors (Lipinski definition) is 1.